The number of ether oxygens (including phenoxy) is 2. The zero-order chi connectivity index (χ0) is 14.7. The Morgan fingerprint density at radius 3 is 2.30 bits per heavy atom. The van der Waals surface area contributed by atoms with Gasteiger partial charge >= 0.3 is 0 Å². The first-order valence-electron chi connectivity index (χ1n) is 7.74. The third kappa shape index (κ3) is 10.6. The van der Waals surface area contributed by atoms with E-state index in [9.17, 15) is 8.42 Å². The molecule has 5 nitrogen and oxygen atoms in total. The second-order valence-electron chi connectivity index (χ2n) is 5.65. The Kier molecular flexibility index (Phi) is 9.42. The van der Waals surface area contributed by atoms with E-state index in [1.807, 2.05) is 0 Å². The van der Waals surface area contributed by atoms with Gasteiger partial charge in [0.15, 0.2) is 0 Å². The zero-order valence-corrected chi connectivity index (χ0v) is 13.2. The molecule has 1 saturated heterocycles. The summed E-state index contributed by atoms with van der Waals surface area (Å²) in [5, 5.41) is 4.94. The van der Waals surface area contributed by atoms with Gasteiger partial charge in [-0.15, -0.1) is 0 Å². The van der Waals surface area contributed by atoms with E-state index in [1.54, 1.807) is 0 Å². The standard InChI is InChI=1S/C14H29NO4S/c15-20(16,17)11-7-5-3-1-2-4-6-9-18-12-14-8-10-19-13-14/h14H,1-13H2,(H2,15,16,17). The molecule has 0 amide bonds. The summed E-state index contributed by atoms with van der Waals surface area (Å²) in [6.07, 6.45) is 8.54. The minimum absolute atomic E-state index is 0.117. The fourth-order valence-electron chi connectivity index (χ4n) is 2.36. The number of unbranched alkanes of at least 4 members (excludes halogenated alkanes) is 6. The van der Waals surface area contributed by atoms with Gasteiger partial charge in [-0.25, -0.2) is 13.6 Å². The van der Waals surface area contributed by atoms with Crippen molar-refractivity contribution in [2.24, 2.45) is 11.1 Å². The molecule has 1 atom stereocenters. The first kappa shape index (κ1) is 17.9. The highest BCUT2D eigenvalue weighted by atomic mass is 32.2. The molecule has 1 fully saturated rings. The Morgan fingerprint density at radius 2 is 1.70 bits per heavy atom. The summed E-state index contributed by atoms with van der Waals surface area (Å²) in [6.45, 7) is 3.44. The maximum Gasteiger partial charge on any atom is 0.209 e. The number of hydrogen-bond donors (Lipinski definition) is 1. The van der Waals surface area contributed by atoms with Gasteiger partial charge in [-0.3, -0.25) is 0 Å². The molecule has 0 bridgehead atoms. The summed E-state index contributed by atoms with van der Waals surface area (Å²) in [7, 11) is -3.26. The van der Waals surface area contributed by atoms with Crippen molar-refractivity contribution in [1.29, 1.82) is 0 Å². The summed E-state index contributed by atoms with van der Waals surface area (Å²) in [5.74, 6) is 0.722. The van der Waals surface area contributed by atoms with E-state index in [4.69, 9.17) is 14.6 Å². The van der Waals surface area contributed by atoms with E-state index in [2.05, 4.69) is 0 Å². The Balaban J connectivity index is 1.74. The van der Waals surface area contributed by atoms with Crippen molar-refractivity contribution >= 4 is 10.0 Å². The van der Waals surface area contributed by atoms with Crippen LogP contribution in [0.25, 0.3) is 0 Å². The van der Waals surface area contributed by atoms with Crippen LogP contribution < -0.4 is 5.14 Å². The average molecular weight is 307 g/mol. The van der Waals surface area contributed by atoms with Crippen molar-refractivity contribution in [1.82, 2.24) is 0 Å². The third-order valence-corrected chi connectivity index (χ3v) is 4.45. The Hall–Kier alpha value is -0.170. The van der Waals surface area contributed by atoms with Gasteiger partial charge in [0.1, 0.15) is 0 Å². The van der Waals surface area contributed by atoms with Crippen molar-refractivity contribution in [2.45, 2.75) is 51.4 Å². The van der Waals surface area contributed by atoms with Crippen LogP contribution in [0.5, 0.6) is 0 Å². The van der Waals surface area contributed by atoms with Crippen LogP contribution in [0.4, 0.5) is 0 Å². The summed E-state index contributed by atoms with van der Waals surface area (Å²) in [6, 6.07) is 0. The predicted octanol–water partition coefficient (Wildman–Crippen LogP) is 2.06. The molecule has 0 saturated carbocycles. The maximum absolute atomic E-state index is 10.7. The molecule has 0 aromatic carbocycles. The fraction of sp³-hybridized carbons (Fsp3) is 1.00. The van der Waals surface area contributed by atoms with Crippen molar-refractivity contribution in [2.75, 3.05) is 32.2 Å². The maximum atomic E-state index is 10.7. The highest BCUT2D eigenvalue weighted by Crippen LogP contribution is 2.13. The number of hydrogen-bond acceptors (Lipinski definition) is 4. The van der Waals surface area contributed by atoms with E-state index in [0.29, 0.717) is 12.3 Å². The van der Waals surface area contributed by atoms with Gasteiger partial charge in [-0.2, -0.15) is 0 Å². The molecule has 1 heterocycles. The van der Waals surface area contributed by atoms with Crippen LogP contribution in [0.2, 0.25) is 0 Å². The van der Waals surface area contributed by atoms with Crippen molar-refractivity contribution in [3.63, 3.8) is 0 Å². The summed E-state index contributed by atoms with van der Waals surface area (Å²) >= 11 is 0. The summed E-state index contributed by atoms with van der Waals surface area (Å²) in [4.78, 5) is 0. The van der Waals surface area contributed by atoms with Gasteiger partial charge in [0, 0.05) is 19.1 Å². The van der Waals surface area contributed by atoms with Crippen molar-refractivity contribution in [3.05, 3.63) is 0 Å². The molecule has 1 aliphatic rings. The van der Waals surface area contributed by atoms with Gasteiger partial charge < -0.3 is 9.47 Å². The van der Waals surface area contributed by atoms with Crippen molar-refractivity contribution < 1.29 is 17.9 Å². The number of rotatable bonds is 12. The molecule has 6 heteroatoms. The monoisotopic (exact) mass is 307 g/mol. The normalized spacial score (nSPS) is 19.6. The highest BCUT2D eigenvalue weighted by Gasteiger charge is 2.14. The van der Waals surface area contributed by atoms with Crippen molar-refractivity contribution in [3.8, 4) is 0 Å². The van der Waals surface area contributed by atoms with Crippen LogP contribution >= 0.6 is 0 Å². The number of primary sulfonamides is 1. The quantitative estimate of drug-likeness (QED) is 0.560. The van der Waals surface area contributed by atoms with Gasteiger partial charge in [0.05, 0.1) is 19.0 Å². The van der Waals surface area contributed by atoms with Crippen LogP contribution in [0.3, 0.4) is 0 Å². The molecular formula is C14H29NO4S. The van der Waals surface area contributed by atoms with E-state index < -0.39 is 10.0 Å². The highest BCUT2D eigenvalue weighted by molar-refractivity contribution is 7.89. The summed E-state index contributed by atoms with van der Waals surface area (Å²) < 4.78 is 32.4. The minimum atomic E-state index is -3.26. The largest absolute Gasteiger partial charge is 0.381 e. The lowest BCUT2D eigenvalue weighted by molar-refractivity contribution is 0.0871. The SMILES string of the molecule is NS(=O)(=O)CCCCCCCCCOCC1CCOC1. The van der Waals surface area contributed by atoms with E-state index in [0.717, 1.165) is 52.1 Å². The first-order chi connectivity index (χ1) is 9.58. The molecular weight excluding hydrogens is 278 g/mol. The predicted molar refractivity (Wildman–Crippen MR) is 80.0 cm³/mol. The topological polar surface area (TPSA) is 78.6 Å². The Labute approximate surface area is 123 Å². The molecule has 0 aromatic heterocycles. The minimum Gasteiger partial charge on any atom is -0.381 e. The Morgan fingerprint density at radius 1 is 1.05 bits per heavy atom. The fourth-order valence-corrected chi connectivity index (χ4v) is 2.96. The van der Waals surface area contributed by atoms with Gasteiger partial charge in [-0.1, -0.05) is 32.1 Å². The molecule has 120 valence electrons. The Bertz CT molecular complexity index is 326. The molecule has 1 unspecified atom stereocenters. The molecule has 20 heavy (non-hydrogen) atoms. The smallest absolute Gasteiger partial charge is 0.209 e. The van der Waals surface area contributed by atoms with Crippen LogP contribution in [0, 0.1) is 5.92 Å². The second-order valence-corrected chi connectivity index (χ2v) is 7.38. The first-order valence-corrected chi connectivity index (χ1v) is 9.45. The van der Waals surface area contributed by atoms with Gasteiger partial charge in [0.25, 0.3) is 0 Å². The van der Waals surface area contributed by atoms with Crippen LogP contribution in [0.1, 0.15) is 51.4 Å². The molecule has 0 aliphatic carbocycles. The van der Waals surface area contributed by atoms with Crippen LogP contribution in [-0.4, -0.2) is 40.6 Å². The lowest BCUT2D eigenvalue weighted by Gasteiger charge is -2.08. The second kappa shape index (κ2) is 10.5. The van der Waals surface area contributed by atoms with E-state index in [1.165, 1.54) is 19.3 Å². The molecule has 0 aromatic rings. The lowest BCUT2D eigenvalue weighted by atomic mass is 10.1. The van der Waals surface area contributed by atoms with E-state index in [-0.39, 0.29) is 5.75 Å². The molecule has 1 rings (SSSR count). The lowest BCUT2D eigenvalue weighted by Crippen LogP contribution is -2.16. The van der Waals surface area contributed by atoms with Gasteiger partial charge in [0.2, 0.25) is 10.0 Å². The van der Waals surface area contributed by atoms with Gasteiger partial charge in [-0.05, 0) is 19.3 Å². The van der Waals surface area contributed by atoms with Crippen LogP contribution in [0.15, 0.2) is 0 Å². The average Bonchev–Trinajstić information content (AvgIpc) is 2.87. The number of sulfonamides is 1. The third-order valence-electron chi connectivity index (χ3n) is 3.60. The molecule has 1 aliphatic heterocycles. The summed E-state index contributed by atoms with van der Waals surface area (Å²) in [5.41, 5.74) is 0. The number of nitrogens with two attached hydrogens (primary N) is 1. The van der Waals surface area contributed by atoms with Crippen LogP contribution in [-0.2, 0) is 19.5 Å². The molecule has 2 N–H and O–H groups in total. The molecule has 0 spiro atoms. The zero-order valence-electron chi connectivity index (χ0n) is 12.4. The van der Waals surface area contributed by atoms with E-state index >= 15 is 0 Å². The molecule has 0 radical (unpaired) electrons.